The Morgan fingerprint density at radius 3 is 2.59 bits per heavy atom. The third-order valence-corrected chi connectivity index (χ3v) is 3.47. The van der Waals surface area contributed by atoms with Gasteiger partial charge >= 0.3 is 0 Å². The molecule has 0 atom stereocenters. The lowest BCUT2D eigenvalue weighted by molar-refractivity contribution is 0.374. The van der Waals surface area contributed by atoms with Gasteiger partial charge in [-0.2, -0.15) is 5.26 Å². The molecule has 0 saturated heterocycles. The van der Waals surface area contributed by atoms with Crippen LogP contribution in [0.25, 0.3) is 0 Å². The van der Waals surface area contributed by atoms with Crippen molar-refractivity contribution >= 4 is 0 Å². The van der Waals surface area contributed by atoms with Crippen LogP contribution in [-0.4, -0.2) is 12.2 Å². The maximum absolute atomic E-state index is 9.63. The van der Waals surface area contributed by atoms with E-state index >= 15 is 0 Å². The lowest BCUT2D eigenvalue weighted by atomic mass is 9.87. The zero-order chi connectivity index (χ0) is 12.5. The van der Waals surface area contributed by atoms with Gasteiger partial charge in [-0.25, -0.2) is 0 Å². The Bertz CT molecular complexity index is 471. The Hall–Kier alpha value is -1.73. The molecule has 1 aliphatic carbocycles. The van der Waals surface area contributed by atoms with Crippen LogP contribution in [0.2, 0.25) is 0 Å². The van der Waals surface area contributed by atoms with Gasteiger partial charge in [-0.05, 0) is 18.9 Å². The summed E-state index contributed by atoms with van der Waals surface area (Å²) in [7, 11) is 1.54. The summed E-state index contributed by atoms with van der Waals surface area (Å²) in [5, 5.41) is 18.6. The zero-order valence-corrected chi connectivity index (χ0v) is 9.86. The van der Waals surface area contributed by atoms with Crippen molar-refractivity contribution in [2.24, 2.45) is 5.73 Å². The number of nitrogens with zero attached hydrogens (tertiary/aromatic N) is 1. The van der Waals surface area contributed by atoms with Gasteiger partial charge < -0.3 is 15.6 Å². The van der Waals surface area contributed by atoms with Gasteiger partial charge in [-0.3, -0.25) is 0 Å². The van der Waals surface area contributed by atoms with Gasteiger partial charge in [0.2, 0.25) is 0 Å². The van der Waals surface area contributed by atoms with Gasteiger partial charge in [0.15, 0.2) is 0 Å². The molecular weight excluding hydrogens is 216 g/mol. The molecule has 17 heavy (non-hydrogen) atoms. The fraction of sp³-hybridized carbons (Fsp3) is 0.462. The van der Waals surface area contributed by atoms with Crippen LogP contribution < -0.4 is 10.5 Å². The van der Waals surface area contributed by atoms with E-state index in [1.165, 1.54) is 6.07 Å². The summed E-state index contributed by atoms with van der Waals surface area (Å²) in [5.74, 6) is 0.501. The van der Waals surface area contributed by atoms with Gasteiger partial charge in [-0.1, -0.05) is 12.8 Å². The molecular formula is C13H16N2O2. The number of benzene rings is 1. The van der Waals surface area contributed by atoms with Crippen LogP contribution in [-0.2, 0) is 5.54 Å². The number of rotatable bonds is 2. The normalized spacial score (nSPS) is 17.7. The first-order valence-electron chi connectivity index (χ1n) is 5.71. The van der Waals surface area contributed by atoms with E-state index in [4.69, 9.17) is 15.7 Å². The second-order valence-corrected chi connectivity index (χ2v) is 4.54. The molecule has 0 amide bonds. The number of phenols is 1. The fourth-order valence-electron chi connectivity index (χ4n) is 2.49. The number of ether oxygens (including phenoxy) is 1. The first kappa shape index (κ1) is 11.7. The number of aromatic hydroxyl groups is 1. The van der Waals surface area contributed by atoms with Gasteiger partial charge in [-0.15, -0.1) is 0 Å². The van der Waals surface area contributed by atoms with E-state index in [0.717, 1.165) is 31.2 Å². The maximum atomic E-state index is 9.63. The lowest BCUT2D eigenvalue weighted by Crippen LogP contribution is -2.33. The molecule has 1 fully saturated rings. The molecule has 1 aromatic rings. The van der Waals surface area contributed by atoms with E-state index in [1.807, 2.05) is 6.07 Å². The Morgan fingerprint density at radius 2 is 2.06 bits per heavy atom. The topological polar surface area (TPSA) is 79.3 Å². The van der Waals surface area contributed by atoms with Crippen LogP contribution in [0.4, 0.5) is 0 Å². The molecule has 0 aliphatic heterocycles. The number of nitrogens with two attached hydrogens (primary N) is 1. The first-order valence-corrected chi connectivity index (χ1v) is 5.71. The molecule has 0 bridgehead atoms. The second kappa shape index (κ2) is 4.27. The molecule has 4 heteroatoms. The summed E-state index contributed by atoms with van der Waals surface area (Å²) in [6, 6.07) is 5.09. The molecule has 90 valence electrons. The molecule has 0 spiro atoms. The van der Waals surface area contributed by atoms with Crippen LogP contribution in [0.15, 0.2) is 12.1 Å². The summed E-state index contributed by atoms with van der Waals surface area (Å²) < 4.78 is 5.25. The van der Waals surface area contributed by atoms with Crippen LogP contribution >= 0.6 is 0 Å². The second-order valence-electron chi connectivity index (χ2n) is 4.54. The van der Waals surface area contributed by atoms with Crippen LogP contribution in [0.3, 0.4) is 0 Å². The van der Waals surface area contributed by atoms with E-state index in [1.54, 1.807) is 13.2 Å². The Labute approximate surface area is 101 Å². The molecule has 1 aromatic carbocycles. The van der Waals surface area contributed by atoms with Crippen molar-refractivity contribution in [1.82, 2.24) is 0 Å². The molecule has 4 nitrogen and oxygen atoms in total. The molecule has 0 aromatic heterocycles. The monoisotopic (exact) mass is 232 g/mol. The first-order chi connectivity index (χ1) is 8.10. The predicted octanol–water partition coefficient (Wildman–Crippen LogP) is 2.00. The highest BCUT2D eigenvalue weighted by Gasteiger charge is 2.34. The summed E-state index contributed by atoms with van der Waals surface area (Å²) >= 11 is 0. The third-order valence-electron chi connectivity index (χ3n) is 3.47. The highest BCUT2D eigenvalue weighted by molar-refractivity contribution is 5.53. The Balaban J connectivity index is 2.55. The SMILES string of the molecule is COc1cc(O)c(C#N)cc1C1(N)CCCC1. The summed E-state index contributed by atoms with van der Waals surface area (Å²) in [6.07, 6.45) is 3.95. The minimum absolute atomic E-state index is 0.0605. The average molecular weight is 232 g/mol. The number of nitriles is 1. The van der Waals surface area contributed by atoms with Gasteiger partial charge in [0, 0.05) is 17.2 Å². The average Bonchev–Trinajstić information content (AvgIpc) is 2.76. The third kappa shape index (κ3) is 1.94. The maximum Gasteiger partial charge on any atom is 0.137 e. The van der Waals surface area contributed by atoms with Crippen molar-refractivity contribution in [3.63, 3.8) is 0 Å². The van der Waals surface area contributed by atoms with Crippen LogP contribution in [0, 0.1) is 11.3 Å². The van der Waals surface area contributed by atoms with E-state index in [0.29, 0.717) is 5.75 Å². The van der Waals surface area contributed by atoms with E-state index in [9.17, 15) is 5.11 Å². The fourth-order valence-corrected chi connectivity index (χ4v) is 2.49. The highest BCUT2D eigenvalue weighted by atomic mass is 16.5. The van der Waals surface area contributed by atoms with Gasteiger partial charge in [0.05, 0.1) is 12.7 Å². The van der Waals surface area contributed by atoms with Crippen molar-refractivity contribution in [2.75, 3.05) is 7.11 Å². The predicted molar refractivity (Wildman–Crippen MR) is 63.7 cm³/mol. The molecule has 3 N–H and O–H groups in total. The molecule has 2 rings (SSSR count). The largest absolute Gasteiger partial charge is 0.506 e. The molecule has 1 saturated carbocycles. The number of methoxy groups -OCH3 is 1. The minimum atomic E-state index is -0.426. The zero-order valence-electron chi connectivity index (χ0n) is 9.86. The van der Waals surface area contributed by atoms with Crippen molar-refractivity contribution < 1.29 is 9.84 Å². The van der Waals surface area contributed by atoms with E-state index in [2.05, 4.69) is 0 Å². The quantitative estimate of drug-likeness (QED) is 0.817. The van der Waals surface area contributed by atoms with Crippen molar-refractivity contribution in [1.29, 1.82) is 5.26 Å². The van der Waals surface area contributed by atoms with E-state index < -0.39 is 5.54 Å². The smallest absolute Gasteiger partial charge is 0.137 e. The van der Waals surface area contributed by atoms with E-state index in [-0.39, 0.29) is 11.3 Å². The number of hydrogen-bond acceptors (Lipinski definition) is 4. The minimum Gasteiger partial charge on any atom is -0.506 e. The number of phenolic OH excluding ortho intramolecular Hbond substituents is 1. The highest BCUT2D eigenvalue weighted by Crippen LogP contribution is 2.42. The van der Waals surface area contributed by atoms with Crippen molar-refractivity contribution in [2.45, 2.75) is 31.2 Å². The van der Waals surface area contributed by atoms with Crippen LogP contribution in [0.5, 0.6) is 11.5 Å². The van der Waals surface area contributed by atoms with Crippen molar-refractivity contribution in [3.05, 3.63) is 23.3 Å². The standard InChI is InChI=1S/C13H16N2O2/c1-17-12-7-11(16)9(8-14)6-10(12)13(15)4-2-3-5-13/h6-7,16H,2-5,15H2,1H3. The summed E-state index contributed by atoms with van der Waals surface area (Å²) in [6.45, 7) is 0. The Morgan fingerprint density at radius 1 is 1.41 bits per heavy atom. The number of hydrogen-bond donors (Lipinski definition) is 2. The summed E-state index contributed by atoms with van der Waals surface area (Å²) in [4.78, 5) is 0. The molecule has 0 radical (unpaired) electrons. The molecule has 1 aliphatic rings. The summed E-state index contributed by atoms with van der Waals surface area (Å²) in [5.41, 5.74) is 7.01. The van der Waals surface area contributed by atoms with Crippen molar-refractivity contribution in [3.8, 4) is 17.6 Å². The molecule has 0 heterocycles. The van der Waals surface area contributed by atoms with Gasteiger partial charge in [0.1, 0.15) is 17.6 Å². The lowest BCUT2D eigenvalue weighted by Gasteiger charge is -2.26. The van der Waals surface area contributed by atoms with Crippen LogP contribution in [0.1, 0.15) is 36.8 Å². The van der Waals surface area contributed by atoms with Gasteiger partial charge in [0.25, 0.3) is 0 Å². The Kier molecular flexibility index (Phi) is 2.95. The molecule has 0 unspecified atom stereocenters.